The smallest absolute Gasteiger partial charge is 0.308 e. The second-order valence-corrected chi connectivity index (χ2v) is 4.37. The van der Waals surface area contributed by atoms with Gasteiger partial charge >= 0.3 is 11.9 Å². The average molecular weight is 266 g/mol. The Kier molecular flexibility index (Phi) is 5.36. The number of methoxy groups -OCH3 is 1. The largest absolute Gasteiger partial charge is 0.508 e. The van der Waals surface area contributed by atoms with E-state index < -0.39 is 5.97 Å². The van der Waals surface area contributed by atoms with Crippen molar-refractivity contribution in [1.29, 1.82) is 0 Å². The fraction of sp³-hybridized carbons (Fsp3) is 0.429. The van der Waals surface area contributed by atoms with Crippen molar-refractivity contribution in [3.05, 3.63) is 29.3 Å². The van der Waals surface area contributed by atoms with Gasteiger partial charge in [0.2, 0.25) is 0 Å². The number of phenolic OH excluding ortho intramolecular Hbond substituents is 1. The molecule has 5 heteroatoms. The molecule has 1 unspecified atom stereocenters. The van der Waals surface area contributed by atoms with Crippen LogP contribution in [-0.4, -0.2) is 24.2 Å². The number of hydrogen-bond acceptors (Lipinski definition) is 5. The quantitative estimate of drug-likeness (QED) is 0.823. The lowest BCUT2D eigenvalue weighted by Crippen LogP contribution is -2.15. The molecule has 1 N–H and O–H groups in total. The molecule has 1 rings (SSSR count). The highest BCUT2D eigenvalue weighted by Crippen LogP contribution is 2.21. The van der Waals surface area contributed by atoms with Gasteiger partial charge in [0.25, 0.3) is 0 Å². The van der Waals surface area contributed by atoms with Crippen LogP contribution in [0, 0.1) is 5.92 Å². The molecule has 0 bridgehead atoms. The Balaban J connectivity index is 2.78. The van der Waals surface area contributed by atoms with Crippen LogP contribution in [0.4, 0.5) is 0 Å². The van der Waals surface area contributed by atoms with Crippen LogP contribution in [-0.2, 0) is 32.1 Å². The van der Waals surface area contributed by atoms with Crippen molar-refractivity contribution in [2.24, 2.45) is 5.92 Å². The van der Waals surface area contributed by atoms with Gasteiger partial charge in [0.1, 0.15) is 12.4 Å². The van der Waals surface area contributed by atoms with Gasteiger partial charge in [0.15, 0.2) is 0 Å². The van der Waals surface area contributed by atoms with Crippen LogP contribution in [0.2, 0.25) is 0 Å². The molecule has 1 atom stereocenters. The fourth-order valence-electron chi connectivity index (χ4n) is 1.70. The van der Waals surface area contributed by atoms with Crippen molar-refractivity contribution in [1.82, 2.24) is 0 Å². The summed E-state index contributed by atoms with van der Waals surface area (Å²) in [6, 6.07) is 4.97. The van der Waals surface area contributed by atoms with E-state index in [1.54, 1.807) is 19.1 Å². The van der Waals surface area contributed by atoms with Crippen LogP contribution >= 0.6 is 0 Å². The number of benzene rings is 1. The first-order valence-corrected chi connectivity index (χ1v) is 5.96. The third-order valence-corrected chi connectivity index (χ3v) is 2.72. The first kappa shape index (κ1) is 15.0. The normalized spacial score (nSPS) is 11.7. The minimum Gasteiger partial charge on any atom is -0.508 e. The molecule has 1 aromatic carbocycles. The molecule has 0 aliphatic carbocycles. The van der Waals surface area contributed by atoms with E-state index in [4.69, 9.17) is 4.74 Å². The van der Waals surface area contributed by atoms with Gasteiger partial charge in [-0.3, -0.25) is 9.59 Å². The summed E-state index contributed by atoms with van der Waals surface area (Å²) in [5.74, 6) is -0.894. The molecule has 0 radical (unpaired) electrons. The summed E-state index contributed by atoms with van der Waals surface area (Å²) >= 11 is 0. The topological polar surface area (TPSA) is 72.8 Å². The minimum absolute atomic E-state index is 0.0155. The predicted molar refractivity (Wildman–Crippen MR) is 68.5 cm³/mol. The van der Waals surface area contributed by atoms with Crippen molar-refractivity contribution in [3.8, 4) is 5.75 Å². The van der Waals surface area contributed by atoms with Gasteiger partial charge in [-0.15, -0.1) is 0 Å². The number of aromatic hydroxyl groups is 1. The van der Waals surface area contributed by atoms with Gasteiger partial charge in [-0.1, -0.05) is 13.0 Å². The highest BCUT2D eigenvalue weighted by molar-refractivity contribution is 5.72. The number of phenols is 1. The molecule has 1 aromatic rings. The maximum atomic E-state index is 11.3. The SMILES string of the molecule is COC(=O)C(C)Cc1ccc(O)c(COC(C)=O)c1. The summed E-state index contributed by atoms with van der Waals surface area (Å²) in [6.45, 7) is 3.09. The Bertz CT molecular complexity index is 467. The van der Waals surface area contributed by atoms with Gasteiger partial charge in [0.05, 0.1) is 13.0 Å². The molecule has 19 heavy (non-hydrogen) atoms. The van der Waals surface area contributed by atoms with E-state index in [-0.39, 0.29) is 24.2 Å². The Morgan fingerprint density at radius 2 is 2.05 bits per heavy atom. The number of hydrogen-bond donors (Lipinski definition) is 1. The van der Waals surface area contributed by atoms with Crippen LogP contribution in [0.1, 0.15) is 25.0 Å². The van der Waals surface area contributed by atoms with Gasteiger partial charge in [-0.05, 0) is 24.1 Å². The molecule has 0 aromatic heterocycles. The van der Waals surface area contributed by atoms with Crippen LogP contribution in [0.15, 0.2) is 18.2 Å². The van der Waals surface area contributed by atoms with Crippen molar-refractivity contribution in [3.63, 3.8) is 0 Å². The van der Waals surface area contributed by atoms with E-state index in [2.05, 4.69) is 4.74 Å². The number of ether oxygens (including phenoxy) is 2. The van der Waals surface area contributed by atoms with Crippen LogP contribution in [0.3, 0.4) is 0 Å². The maximum Gasteiger partial charge on any atom is 0.308 e. The third kappa shape index (κ3) is 4.62. The zero-order chi connectivity index (χ0) is 14.4. The van der Waals surface area contributed by atoms with E-state index in [1.807, 2.05) is 0 Å². The summed E-state index contributed by atoms with van der Waals surface area (Å²) < 4.78 is 9.51. The first-order chi connectivity index (χ1) is 8.93. The lowest BCUT2D eigenvalue weighted by Gasteiger charge is -2.11. The number of carbonyl (C=O) groups excluding carboxylic acids is 2. The van der Waals surface area contributed by atoms with Gasteiger partial charge < -0.3 is 14.6 Å². The molecule has 0 spiro atoms. The van der Waals surface area contributed by atoms with E-state index in [9.17, 15) is 14.7 Å². The monoisotopic (exact) mass is 266 g/mol. The second kappa shape index (κ2) is 6.78. The molecule has 0 aliphatic rings. The van der Waals surface area contributed by atoms with Gasteiger partial charge in [-0.2, -0.15) is 0 Å². The average Bonchev–Trinajstić information content (AvgIpc) is 2.38. The zero-order valence-electron chi connectivity index (χ0n) is 11.3. The van der Waals surface area contributed by atoms with E-state index in [0.29, 0.717) is 12.0 Å². The molecule has 0 saturated carbocycles. The molecule has 0 heterocycles. The Morgan fingerprint density at radius 3 is 2.63 bits per heavy atom. The van der Waals surface area contributed by atoms with E-state index in [1.165, 1.54) is 20.1 Å². The molecular formula is C14H18O5. The molecule has 0 fully saturated rings. The van der Waals surface area contributed by atoms with Crippen molar-refractivity contribution in [2.75, 3.05) is 7.11 Å². The minimum atomic E-state index is -0.410. The zero-order valence-corrected chi connectivity index (χ0v) is 11.3. The lowest BCUT2D eigenvalue weighted by molar-refractivity contribution is -0.145. The summed E-state index contributed by atoms with van der Waals surface area (Å²) in [6.07, 6.45) is 0.500. The second-order valence-electron chi connectivity index (χ2n) is 4.37. The molecule has 5 nitrogen and oxygen atoms in total. The predicted octanol–water partition coefficient (Wildman–Crippen LogP) is 1.81. The summed E-state index contributed by atoms with van der Waals surface area (Å²) in [5.41, 5.74) is 1.39. The summed E-state index contributed by atoms with van der Waals surface area (Å²) in [7, 11) is 1.35. The van der Waals surface area contributed by atoms with Crippen molar-refractivity contribution < 1.29 is 24.2 Å². The Hall–Kier alpha value is -2.04. The molecule has 0 saturated heterocycles. The number of esters is 2. The van der Waals surface area contributed by atoms with Crippen LogP contribution in [0.25, 0.3) is 0 Å². The first-order valence-electron chi connectivity index (χ1n) is 5.96. The molecule has 0 amide bonds. The Morgan fingerprint density at radius 1 is 1.37 bits per heavy atom. The highest BCUT2D eigenvalue weighted by Gasteiger charge is 2.14. The standard InChI is InChI=1S/C14H18O5/c1-9(14(17)18-3)6-11-4-5-13(16)12(7-11)8-19-10(2)15/h4-5,7,9,16H,6,8H2,1-3H3. The number of rotatable bonds is 5. The fourth-order valence-corrected chi connectivity index (χ4v) is 1.70. The van der Waals surface area contributed by atoms with Crippen LogP contribution < -0.4 is 0 Å². The van der Waals surface area contributed by atoms with Gasteiger partial charge in [-0.25, -0.2) is 0 Å². The summed E-state index contributed by atoms with van der Waals surface area (Å²) in [5, 5.41) is 9.65. The molecule has 104 valence electrons. The van der Waals surface area contributed by atoms with Gasteiger partial charge in [0, 0.05) is 12.5 Å². The maximum absolute atomic E-state index is 11.3. The lowest BCUT2D eigenvalue weighted by atomic mass is 9.99. The van der Waals surface area contributed by atoms with Crippen LogP contribution in [0.5, 0.6) is 5.75 Å². The van der Waals surface area contributed by atoms with Crippen molar-refractivity contribution in [2.45, 2.75) is 26.9 Å². The number of carbonyl (C=O) groups is 2. The van der Waals surface area contributed by atoms with Crippen molar-refractivity contribution >= 4 is 11.9 Å². The summed E-state index contributed by atoms with van der Waals surface area (Å²) in [4.78, 5) is 22.1. The van der Waals surface area contributed by atoms with E-state index in [0.717, 1.165) is 5.56 Å². The highest BCUT2D eigenvalue weighted by atomic mass is 16.5. The molecular weight excluding hydrogens is 248 g/mol. The Labute approximate surface area is 112 Å². The molecule has 0 aliphatic heterocycles. The van der Waals surface area contributed by atoms with E-state index >= 15 is 0 Å². The third-order valence-electron chi connectivity index (χ3n) is 2.72.